The molecule has 0 aliphatic carbocycles. The molecule has 0 radical (unpaired) electrons. The average molecular weight is 352 g/mol. The van der Waals surface area contributed by atoms with Crippen LogP contribution in [0.2, 0.25) is 0 Å². The fourth-order valence-corrected chi connectivity index (χ4v) is 2.50. The number of anilines is 1. The van der Waals surface area contributed by atoms with Crippen LogP contribution in [0.3, 0.4) is 0 Å². The Labute approximate surface area is 130 Å². The van der Waals surface area contributed by atoms with E-state index in [1.165, 1.54) is 11.8 Å². The minimum Gasteiger partial charge on any atom is -0.320 e. The highest BCUT2D eigenvalue weighted by atomic mass is 79.9. The van der Waals surface area contributed by atoms with Gasteiger partial charge in [0.15, 0.2) is 5.16 Å². The first-order chi connectivity index (χ1) is 9.52. The van der Waals surface area contributed by atoms with Gasteiger partial charge in [0.2, 0.25) is 0 Å². The highest BCUT2D eigenvalue weighted by Crippen LogP contribution is 2.22. The van der Waals surface area contributed by atoms with E-state index in [2.05, 4.69) is 31.2 Å². The fourth-order valence-electron chi connectivity index (χ4n) is 1.79. The molecule has 104 valence electrons. The summed E-state index contributed by atoms with van der Waals surface area (Å²) in [4.78, 5) is 20.7. The third-order valence-corrected chi connectivity index (χ3v) is 3.98. The van der Waals surface area contributed by atoms with E-state index in [-0.39, 0.29) is 5.91 Å². The van der Waals surface area contributed by atoms with Crippen LogP contribution in [0.5, 0.6) is 0 Å². The number of thioether (sulfide) groups is 1. The van der Waals surface area contributed by atoms with Crippen molar-refractivity contribution in [3.63, 3.8) is 0 Å². The minimum absolute atomic E-state index is 0.244. The first-order valence-corrected chi connectivity index (χ1v) is 7.98. The summed E-state index contributed by atoms with van der Waals surface area (Å²) in [5.74, 6) is -0.244. The Morgan fingerprint density at radius 3 is 2.55 bits per heavy atom. The van der Waals surface area contributed by atoms with Crippen molar-refractivity contribution in [2.75, 3.05) is 11.6 Å². The number of aromatic nitrogens is 2. The second-order valence-corrected chi connectivity index (χ2v) is 5.90. The first kappa shape index (κ1) is 15.0. The topological polar surface area (TPSA) is 54.9 Å². The summed E-state index contributed by atoms with van der Waals surface area (Å²) in [5, 5.41) is 3.49. The lowest BCUT2D eigenvalue weighted by atomic mass is 10.1. The molecule has 0 unspecified atom stereocenters. The lowest BCUT2D eigenvalue weighted by molar-refractivity contribution is 0.102. The number of hydrogen-bond donors (Lipinski definition) is 1. The lowest BCUT2D eigenvalue weighted by Crippen LogP contribution is -2.16. The van der Waals surface area contributed by atoms with Crippen molar-refractivity contribution in [3.05, 3.63) is 45.7 Å². The highest BCUT2D eigenvalue weighted by molar-refractivity contribution is 9.10. The number of benzene rings is 1. The van der Waals surface area contributed by atoms with Crippen molar-refractivity contribution in [3.8, 4) is 0 Å². The molecular formula is C14H14BrN3OS. The van der Waals surface area contributed by atoms with E-state index < -0.39 is 0 Å². The van der Waals surface area contributed by atoms with Crippen LogP contribution in [-0.2, 0) is 0 Å². The second kappa shape index (κ2) is 6.37. The third-order valence-electron chi connectivity index (χ3n) is 2.84. The Morgan fingerprint density at radius 2 is 1.95 bits per heavy atom. The van der Waals surface area contributed by atoms with Crippen LogP contribution >= 0.6 is 27.7 Å². The van der Waals surface area contributed by atoms with Gasteiger partial charge in [-0.25, -0.2) is 9.97 Å². The van der Waals surface area contributed by atoms with Gasteiger partial charge in [0.25, 0.3) is 5.91 Å². The van der Waals surface area contributed by atoms with Crippen LogP contribution in [0.4, 0.5) is 5.69 Å². The van der Waals surface area contributed by atoms with Gasteiger partial charge in [0.1, 0.15) is 5.69 Å². The monoisotopic (exact) mass is 351 g/mol. The van der Waals surface area contributed by atoms with Gasteiger partial charge in [-0.05, 0) is 47.2 Å². The Balaban J connectivity index is 2.33. The van der Waals surface area contributed by atoms with Gasteiger partial charge >= 0.3 is 0 Å². The summed E-state index contributed by atoms with van der Waals surface area (Å²) in [6.07, 6.45) is 3.47. The van der Waals surface area contributed by atoms with Crippen LogP contribution < -0.4 is 5.32 Å². The molecule has 1 aromatic carbocycles. The predicted molar refractivity (Wildman–Crippen MR) is 85.4 cm³/mol. The summed E-state index contributed by atoms with van der Waals surface area (Å²) < 4.78 is 0.582. The normalized spacial score (nSPS) is 10.4. The maximum atomic E-state index is 12.4. The Bertz CT molecular complexity index is 641. The van der Waals surface area contributed by atoms with E-state index in [4.69, 9.17) is 0 Å². The second-order valence-electron chi connectivity index (χ2n) is 4.27. The smallest absolute Gasteiger partial charge is 0.275 e. The van der Waals surface area contributed by atoms with E-state index in [9.17, 15) is 4.79 Å². The molecule has 1 amide bonds. The Morgan fingerprint density at radius 1 is 1.30 bits per heavy atom. The summed E-state index contributed by atoms with van der Waals surface area (Å²) in [6.45, 7) is 3.93. The standard InChI is InChI=1S/C14H14BrN3OS/c1-8-5-4-6-9(2)11(8)17-13(19)12-10(15)7-16-14(18-12)20-3/h4-7H,1-3H3,(H,17,19). The van der Waals surface area contributed by atoms with Gasteiger partial charge in [0.05, 0.1) is 4.47 Å². The van der Waals surface area contributed by atoms with Gasteiger partial charge in [-0.1, -0.05) is 30.0 Å². The van der Waals surface area contributed by atoms with Gasteiger partial charge in [-0.2, -0.15) is 0 Å². The Hall–Kier alpha value is -1.40. The number of rotatable bonds is 3. The quantitative estimate of drug-likeness (QED) is 0.674. The minimum atomic E-state index is -0.244. The van der Waals surface area contributed by atoms with Crippen LogP contribution in [-0.4, -0.2) is 22.1 Å². The number of carbonyl (C=O) groups excluding carboxylic acids is 1. The number of nitrogens with one attached hydrogen (secondary N) is 1. The van der Waals surface area contributed by atoms with Crippen molar-refractivity contribution in [2.45, 2.75) is 19.0 Å². The van der Waals surface area contributed by atoms with Crippen LogP contribution in [0.1, 0.15) is 21.6 Å². The number of nitrogens with zero attached hydrogens (tertiary/aromatic N) is 2. The maximum absolute atomic E-state index is 12.4. The van der Waals surface area contributed by atoms with Crippen molar-refractivity contribution in [1.82, 2.24) is 9.97 Å². The van der Waals surface area contributed by atoms with Crippen LogP contribution in [0, 0.1) is 13.8 Å². The summed E-state index contributed by atoms with van der Waals surface area (Å²) in [6, 6.07) is 5.89. The maximum Gasteiger partial charge on any atom is 0.275 e. The molecule has 0 aliphatic heterocycles. The Kier molecular flexibility index (Phi) is 4.77. The molecule has 6 heteroatoms. The molecule has 1 N–H and O–H groups in total. The number of carbonyl (C=O) groups is 1. The summed E-state index contributed by atoms with van der Waals surface area (Å²) >= 11 is 4.71. The van der Waals surface area contributed by atoms with Crippen LogP contribution in [0.15, 0.2) is 34.0 Å². The molecule has 1 aromatic heterocycles. The fraction of sp³-hybridized carbons (Fsp3) is 0.214. The van der Waals surface area contributed by atoms with E-state index >= 15 is 0 Å². The number of amides is 1. The van der Waals surface area contributed by atoms with E-state index in [0.717, 1.165) is 16.8 Å². The van der Waals surface area contributed by atoms with Crippen molar-refractivity contribution in [2.24, 2.45) is 0 Å². The number of aryl methyl sites for hydroxylation is 2. The van der Waals surface area contributed by atoms with Gasteiger partial charge in [-0.15, -0.1) is 0 Å². The van der Waals surface area contributed by atoms with Crippen molar-refractivity contribution < 1.29 is 4.79 Å². The molecule has 0 fully saturated rings. The van der Waals surface area contributed by atoms with E-state index in [1.807, 2.05) is 38.3 Å². The van der Waals surface area contributed by atoms with Gasteiger partial charge in [-0.3, -0.25) is 4.79 Å². The number of hydrogen-bond acceptors (Lipinski definition) is 4. The predicted octanol–water partition coefficient (Wildman–Crippen LogP) is 3.83. The third kappa shape index (κ3) is 3.19. The zero-order chi connectivity index (χ0) is 14.7. The first-order valence-electron chi connectivity index (χ1n) is 5.97. The van der Waals surface area contributed by atoms with Gasteiger partial charge < -0.3 is 5.32 Å². The van der Waals surface area contributed by atoms with E-state index in [1.54, 1.807) is 6.20 Å². The molecule has 0 bridgehead atoms. The average Bonchev–Trinajstić information content (AvgIpc) is 2.43. The number of para-hydroxylation sites is 1. The van der Waals surface area contributed by atoms with Crippen molar-refractivity contribution in [1.29, 1.82) is 0 Å². The molecule has 0 atom stereocenters. The van der Waals surface area contributed by atoms with Crippen LogP contribution in [0.25, 0.3) is 0 Å². The molecule has 0 spiro atoms. The van der Waals surface area contributed by atoms with Gasteiger partial charge in [0, 0.05) is 11.9 Å². The molecule has 0 saturated heterocycles. The molecule has 1 heterocycles. The highest BCUT2D eigenvalue weighted by Gasteiger charge is 2.15. The summed E-state index contributed by atoms with van der Waals surface area (Å²) in [5.41, 5.74) is 3.21. The molecule has 4 nitrogen and oxygen atoms in total. The molecule has 0 saturated carbocycles. The lowest BCUT2D eigenvalue weighted by Gasteiger charge is -2.12. The zero-order valence-electron chi connectivity index (χ0n) is 11.4. The number of halogens is 1. The molecular weight excluding hydrogens is 338 g/mol. The van der Waals surface area contributed by atoms with Crippen molar-refractivity contribution >= 4 is 39.3 Å². The molecule has 20 heavy (non-hydrogen) atoms. The zero-order valence-corrected chi connectivity index (χ0v) is 13.8. The SMILES string of the molecule is CSc1ncc(Br)c(C(=O)Nc2c(C)cccc2C)n1. The van der Waals surface area contributed by atoms with E-state index in [0.29, 0.717) is 15.3 Å². The summed E-state index contributed by atoms with van der Waals surface area (Å²) in [7, 11) is 0. The molecule has 2 rings (SSSR count). The molecule has 0 aliphatic rings. The largest absolute Gasteiger partial charge is 0.320 e. The molecule has 2 aromatic rings.